The SMILES string of the molecule is Cc1nc2ccccc2c(=O)n1-c1ccc(Cl)c(NC(=O)c2c(F)cccc2F)c1. The maximum Gasteiger partial charge on any atom is 0.265 e. The molecule has 0 aliphatic rings. The summed E-state index contributed by atoms with van der Waals surface area (Å²) in [5.41, 5.74) is 0.0389. The van der Waals surface area contributed by atoms with Crippen LogP contribution >= 0.6 is 11.6 Å². The third-order valence-electron chi connectivity index (χ3n) is 4.59. The van der Waals surface area contributed by atoms with Crippen molar-refractivity contribution in [3.8, 4) is 5.69 Å². The average Bonchev–Trinajstić information content (AvgIpc) is 2.70. The Morgan fingerprint density at radius 2 is 1.73 bits per heavy atom. The Hall–Kier alpha value is -3.58. The van der Waals surface area contributed by atoms with Gasteiger partial charge in [0, 0.05) is 0 Å². The van der Waals surface area contributed by atoms with Gasteiger partial charge in [-0.05, 0) is 49.4 Å². The van der Waals surface area contributed by atoms with Crippen LogP contribution in [0.1, 0.15) is 16.2 Å². The standard InChI is InChI=1S/C22H14ClF2N3O2/c1-12-26-18-8-3-2-5-14(18)22(30)28(12)13-9-10-15(23)19(11-13)27-21(29)20-16(24)6-4-7-17(20)25/h2-11H,1H3,(H,27,29). The smallest absolute Gasteiger partial charge is 0.265 e. The Bertz CT molecular complexity index is 1350. The number of nitrogens with one attached hydrogen (secondary N) is 1. The van der Waals surface area contributed by atoms with Crippen LogP contribution in [0.5, 0.6) is 0 Å². The van der Waals surface area contributed by atoms with Crippen LogP contribution in [0.3, 0.4) is 0 Å². The van der Waals surface area contributed by atoms with Crippen molar-refractivity contribution >= 4 is 34.1 Å². The van der Waals surface area contributed by atoms with E-state index < -0.39 is 23.1 Å². The minimum absolute atomic E-state index is 0.0984. The molecule has 0 radical (unpaired) electrons. The normalized spacial score (nSPS) is 10.9. The van der Waals surface area contributed by atoms with Crippen LogP contribution in [-0.2, 0) is 0 Å². The van der Waals surface area contributed by atoms with Gasteiger partial charge in [0.15, 0.2) is 0 Å². The highest BCUT2D eigenvalue weighted by Crippen LogP contribution is 2.26. The molecule has 8 heteroatoms. The Morgan fingerprint density at radius 1 is 1.03 bits per heavy atom. The first kappa shape index (κ1) is 19.7. The molecule has 0 aliphatic heterocycles. The minimum atomic E-state index is -0.995. The first-order valence-electron chi connectivity index (χ1n) is 8.90. The van der Waals surface area contributed by atoms with Gasteiger partial charge in [-0.15, -0.1) is 0 Å². The number of carbonyl (C=O) groups is 1. The number of benzene rings is 3. The molecule has 0 atom stereocenters. The van der Waals surface area contributed by atoms with Gasteiger partial charge >= 0.3 is 0 Å². The van der Waals surface area contributed by atoms with Gasteiger partial charge in [0.2, 0.25) is 0 Å². The van der Waals surface area contributed by atoms with Crippen LogP contribution in [-0.4, -0.2) is 15.5 Å². The molecule has 5 nitrogen and oxygen atoms in total. The molecular formula is C22H14ClF2N3O2. The van der Waals surface area contributed by atoms with Gasteiger partial charge in [-0.2, -0.15) is 0 Å². The number of aryl methyl sites for hydroxylation is 1. The van der Waals surface area contributed by atoms with E-state index in [2.05, 4.69) is 10.3 Å². The number of carbonyl (C=O) groups excluding carboxylic acids is 1. The van der Waals surface area contributed by atoms with Crippen LogP contribution in [0.4, 0.5) is 14.5 Å². The Labute approximate surface area is 174 Å². The van der Waals surface area contributed by atoms with E-state index in [0.29, 0.717) is 22.4 Å². The van der Waals surface area contributed by atoms with Gasteiger partial charge in [-0.1, -0.05) is 29.8 Å². The molecule has 4 rings (SSSR count). The second-order valence-electron chi connectivity index (χ2n) is 6.53. The van der Waals surface area contributed by atoms with Gasteiger partial charge in [-0.3, -0.25) is 14.2 Å². The van der Waals surface area contributed by atoms with Crippen molar-refractivity contribution in [1.82, 2.24) is 9.55 Å². The summed E-state index contributed by atoms with van der Waals surface area (Å²) < 4.78 is 29.2. The number of fused-ring (bicyclic) bond motifs is 1. The van der Waals surface area contributed by atoms with Gasteiger partial charge < -0.3 is 5.32 Å². The highest BCUT2D eigenvalue weighted by Gasteiger charge is 2.19. The molecule has 0 unspecified atom stereocenters. The molecule has 4 aromatic rings. The van der Waals surface area contributed by atoms with Gasteiger partial charge in [0.1, 0.15) is 23.0 Å². The summed E-state index contributed by atoms with van der Waals surface area (Å²) in [6.45, 7) is 1.68. The summed E-state index contributed by atoms with van der Waals surface area (Å²) in [5.74, 6) is -2.56. The zero-order valence-electron chi connectivity index (χ0n) is 15.6. The van der Waals surface area contributed by atoms with Gasteiger partial charge in [-0.25, -0.2) is 13.8 Å². The number of rotatable bonds is 3. The maximum atomic E-state index is 13.9. The Balaban J connectivity index is 1.79. The van der Waals surface area contributed by atoms with E-state index in [1.54, 1.807) is 37.3 Å². The van der Waals surface area contributed by atoms with Crippen molar-refractivity contribution in [2.75, 3.05) is 5.32 Å². The molecule has 0 saturated carbocycles. The van der Waals surface area contributed by atoms with E-state index in [0.717, 1.165) is 18.2 Å². The predicted molar refractivity (Wildman–Crippen MR) is 111 cm³/mol. The third kappa shape index (κ3) is 3.44. The molecule has 0 bridgehead atoms. The summed E-state index contributed by atoms with van der Waals surface area (Å²) >= 11 is 6.16. The van der Waals surface area contributed by atoms with Crippen molar-refractivity contribution in [2.45, 2.75) is 6.92 Å². The number of para-hydroxylation sites is 1. The van der Waals surface area contributed by atoms with Gasteiger partial charge in [0.05, 0.1) is 27.3 Å². The summed E-state index contributed by atoms with van der Waals surface area (Å²) in [4.78, 5) is 29.9. The molecule has 1 aromatic heterocycles. The highest BCUT2D eigenvalue weighted by atomic mass is 35.5. The molecule has 0 aliphatic carbocycles. The maximum absolute atomic E-state index is 13.9. The fourth-order valence-electron chi connectivity index (χ4n) is 3.20. The lowest BCUT2D eigenvalue weighted by Crippen LogP contribution is -2.22. The third-order valence-corrected chi connectivity index (χ3v) is 4.92. The summed E-state index contributed by atoms with van der Waals surface area (Å²) in [6.07, 6.45) is 0. The van der Waals surface area contributed by atoms with E-state index in [1.807, 2.05) is 0 Å². The summed E-state index contributed by atoms with van der Waals surface area (Å²) in [7, 11) is 0. The van der Waals surface area contributed by atoms with Crippen molar-refractivity contribution in [1.29, 1.82) is 0 Å². The molecule has 0 fully saturated rings. The zero-order chi connectivity index (χ0) is 21.4. The zero-order valence-corrected chi connectivity index (χ0v) is 16.4. The highest BCUT2D eigenvalue weighted by molar-refractivity contribution is 6.34. The fourth-order valence-corrected chi connectivity index (χ4v) is 3.36. The second-order valence-corrected chi connectivity index (χ2v) is 6.94. The number of halogens is 3. The van der Waals surface area contributed by atoms with Crippen LogP contribution < -0.4 is 10.9 Å². The number of amides is 1. The van der Waals surface area contributed by atoms with E-state index >= 15 is 0 Å². The fraction of sp³-hybridized carbons (Fsp3) is 0.0455. The van der Waals surface area contributed by atoms with E-state index in [-0.39, 0.29) is 16.3 Å². The molecule has 1 amide bonds. The predicted octanol–water partition coefficient (Wildman–Crippen LogP) is 4.88. The molecular weight excluding hydrogens is 412 g/mol. The van der Waals surface area contributed by atoms with Crippen LogP contribution in [0.2, 0.25) is 5.02 Å². The molecule has 30 heavy (non-hydrogen) atoms. The van der Waals surface area contributed by atoms with Crippen molar-refractivity contribution < 1.29 is 13.6 Å². The topological polar surface area (TPSA) is 64.0 Å². The van der Waals surface area contributed by atoms with Crippen molar-refractivity contribution in [3.63, 3.8) is 0 Å². The van der Waals surface area contributed by atoms with Crippen LogP contribution in [0, 0.1) is 18.6 Å². The Morgan fingerprint density at radius 3 is 2.47 bits per heavy atom. The molecule has 150 valence electrons. The lowest BCUT2D eigenvalue weighted by molar-refractivity contribution is 0.101. The number of hydrogen-bond acceptors (Lipinski definition) is 3. The number of nitrogens with zero attached hydrogens (tertiary/aromatic N) is 2. The first-order chi connectivity index (χ1) is 14.4. The second kappa shape index (κ2) is 7.68. The van der Waals surface area contributed by atoms with E-state index in [1.165, 1.54) is 16.7 Å². The van der Waals surface area contributed by atoms with E-state index in [4.69, 9.17) is 11.6 Å². The monoisotopic (exact) mass is 425 g/mol. The largest absolute Gasteiger partial charge is 0.320 e. The van der Waals surface area contributed by atoms with E-state index in [9.17, 15) is 18.4 Å². The number of hydrogen-bond donors (Lipinski definition) is 1. The number of anilines is 1. The minimum Gasteiger partial charge on any atom is -0.320 e. The molecule has 0 saturated heterocycles. The van der Waals surface area contributed by atoms with Crippen molar-refractivity contribution in [3.05, 3.63) is 99.1 Å². The molecule has 1 heterocycles. The summed E-state index contributed by atoms with van der Waals surface area (Å²) in [5, 5.41) is 2.98. The van der Waals surface area contributed by atoms with Crippen molar-refractivity contribution in [2.24, 2.45) is 0 Å². The molecule has 0 spiro atoms. The lowest BCUT2D eigenvalue weighted by atomic mass is 10.1. The first-order valence-corrected chi connectivity index (χ1v) is 9.28. The molecule has 3 aromatic carbocycles. The van der Waals surface area contributed by atoms with Crippen LogP contribution in [0.25, 0.3) is 16.6 Å². The quantitative estimate of drug-likeness (QED) is 0.509. The number of aromatic nitrogens is 2. The Kier molecular flexibility index (Phi) is 5.05. The van der Waals surface area contributed by atoms with Gasteiger partial charge in [0.25, 0.3) is 11.5 Å². The molecule has 1 N–H and O–H groups in total. The lowest BCUT2D eigenvalue weighted by Gasteiger charge is -2.14. The average molecular weight is 426 g/mol. The summed E-state index contributed by atoms with van der Waals surface area (Å²) in [6, 6.07) is 14.6. The van der Waals surface area contributed by atoms with Crippen LogP contribution in [0.15, 0.2) is 65.5 Å².